The van der Waals surface area contributed by atoms with Gasteiger partial charge in [-0.1, -0.05) is 35.9 Å². The number of nitrogens with zero attached hydrogens (tertiary/aromatic N) is 1. The highest BCUT2D eigenvalue weighted by Gasteiger charge is 2.31. The summed E-state index contributed by atoms with van der Waals surface area (Å²) in [7, 11) is 3.31. The summed E-state index contributed by atoms with van der Waals surface area (Å²) in [4.78, 5) is 2.30. The molecule has 0 saturated heterocycles. The fraction of sp³-hybridized carbons (Fsp3) is 0.400. The van der Waals surface area contributed by atoms with Crippen molar-refractivity contribution in [1.82, 2.24) is 4.90 Å². The van der Waals surface area contributed by atoms with Crippen LogP contribution in [0, 0.1) is 0 Å². The van der Waals surface area contributed by atoms with E-state index in [-0.39, 0.29) is 0 Å². The summed E-state index contributed by atoms with van der Waals surface area (Å²) in [6.07, 6.45) is 1.71. The SMILES string of the molecule is COc1ccc(CN(CC(O)c2ccccc2Cl)C2CC2)c(OC)c1. The minimum Gasteiger partial charge on any atom is -0.497 e. The standard InChI is InChI=1S/C20H24ClNO3/c1-24-16-10-7-14(20(11-16)25-2)12-22(15-8-9-15)13-19(23)17-5-3-4-6-18(17)21/h3-7,10-11,15,19,23H,8-9,12-13H2,1-2H3. The molecule has 0 heterocycles. The fourth-order valence-electron chi connectivity index (χ4n) is 3.05. The topological polar surface area (TPSA) is 41.9 Å². The number of hydrogen-bond acceptors (Lipinski definition) is 4. The molecule has 2 aromatic carbocycles. The van der Waals surface area contributed by atoms with Gasteiger partial charge < -0.3 is 14.6 Å². The third-order valence-electron chi connectivity index (χ3n) is 4.60. The molecule has 0 spiro atoms. The first-order chi connectivity index (χ1) is 12.1. The van der Waals surface area contributed by atoms with Crippen LogP contribution in [0.3, 0.4) is 0 Å². The Morgan fingerprint density at radius 2 is 1.92 bits per heavy atom. The molecule has 0 radical (unpaired) electrons. The average Bonchev–Trinajstić information content (AvgIpc) is 3.46. The minimum absolute atomic E-state index is 0.504. The van der Waals surface area contributed by atoms with Crippen LogP contribution in [0.15, 0.2) is 42.5 Å². The summed E-state index contributed by atoms with van der Waals surface area (Å²) in [5, 5.41) is 11.3. The lowest BCUT2D eigenvalue weighted by molar-refractivity contribution is 0.104. The number of halogens is 1. The van der Waals surface area contributed by atoms with Gasteiger partial charge in [0.25, 0.3) is 0 Å². The lowest BCUT2D eigenvalue weighted by Gasteiger charge is -2.26. The Bertz CT molecular complexity index is 718. The molecule has 1 atom stereocenters. The van der Waals surface area contributed by atoms with Crippen LogP contribution in [0.25, 0.3) is 0 Å². The lowest BCUT2D eigenvalue weighted by atomic mass is 10.1. The second-order valence-electron chi connectivity index (χ2n) is 6.38. The van der Waals surface area contributed by atoms with Gasteiger partial charge in [-0.15, -0.1) is 0 Å². The molecule has 2 aromatic rings. The highest BCUT2D eigenvalue weighted by molar-refractivity contribution is 6.31. The first-order valence-corrected chi connectivity index (χ1v) is 8.87. The first-order valence-electron chi connectivity index (χ1n) is 8.49. The van der Waals surface area contributed by atoms with Crippen LogP contribution in [0.2, 0.25) is 5.02 Å². The van der Waals surface area contributed by atoms with E-state index >= 15 is 0 Å². The van der Waals surface area contributed by atoms with E-state index in [1.807, 2.05) is 42.5 Å². The molecule has 0 amide bonds. The monoisotopic (exact) mass is 361 g/mol. The van der Waals surface area contributed by atoms with Crippen molar-refractivity contribution in [2.24, 2.45) is 0 Å². The Morgan fingerprint density at radius 1 is 1.16 bits per heavy atom. The van der Waals surface area contributed by atoms with Crippen LogP contribution in [0.4, 0.5) is 0 Å². The molecular weight excluding hydrogens is 338 g/mol. The van der Waals surface area contributed by atoms with Gasteiger partial charge in [0.15, 0.2) is 0 Å². The molecule has 1 unspecified atom stereocenters. The summed E-state index contributed by atoms with van der Waals surface area (Å²) < 4.78 is 10.8. The summed E-state index contributed by atoms with van der Waals surface area (Å²) in [6, 6.07) is 13.8. The molecule has 0 aliphatic heterocycles. The van der Waals surface area contributed by atoms with Crippen molar-refractivity contribution in [3.8, 4) is 11.5 Å². The number of rotatable bonds is 8. The summed E-state index contributed by atoms with van der Waals surface area (Å²) >= 11 is 6.23. The molecule has 134 valence electrons. The number of aliphatic hydroxyl groups is 1. The van der Waals surface area contributed by atoms with E-state index < -0.39 is 6.10 Å². The molecule has 0 aromatic heterocycles. The van der Waals surface area contributed by atoms with Crippen molar-refractivity contribution in [3.05, 3.63) is 58.6 Å². The maximum Gasteiger partial charge on any atom is 0.127 e. The van der Waals surface area contributed by atoms with E-state index in [9.17, 15) is 5.11 Å². The van der Waals surface area contributed by atoms with Crippen molar-refractivity contribution in [3.63, 3.8) is 0 Å². The van der Waals surface area contributed by atoms with Crippen LogP contribution in [0.1, 0.15) is 30.1 Å². The van der Waals surface area contributed by atoms with Crippen LogP contribution < -0.4 is 9.47 Å². The van der Waals surface area contributed by atoms with Gasteiger partial charge >= 0.3 is 0 Å². The quantitative estimate of drug-likeness (QED) is 0.770. The van der Waals surface area contributed by atoms with Crippen LogP contribution in [-0.4, -0.2) is 36.8 Å². The second-order valence-corrected chi connectivity index (χ2v) is 6.78. The lowest BCUT2D eigenvalue weighted by Crippen LogP contribution is -2.30. The van der Waals surface area contributed by atoms with Crippen molar-refractivity contribution in [1.29, 1.82) is 0 Å². The number of hydrogen-bond donors (Lipinski definition) is 1. The van der Waals surface area contributed by atoms with E-state index in [2.05, 4.69) is 4.90 Å². The van der Waals surface area contributed by atoms with E-state index in [0.717, 1.165) is 42.0 Å². The molecule has 5 heteroatoms. The Hall–Kier alpha value is -1.75. The van der Waals surface area contributed by atoms with Crippen LogP contribution in [0.5, 0.6) is 11.5 Å². The normalized spacial score (nSPS) is 15.2. The Labute approximate surface area is 153 Å². The second kappa shape index (κ2) is 8.09. The van der Waals surface area contributed by atoms with Crippen molar-refractivity contribution < 1.29 is 14.6 Å². The number of aliphatic hydroxyl groups excluding tert-OH is 1. The smallest absolute Gasteiger partial charge is 0.127 e. The molecule has 1 aliphatic carbocycles. The van der Waals surface area contributed by atoms with Crippen LogP contribution in [-0.2, 0) is 6.54 Å². The predicted octanol–water partition coefficient (Wildman–Crippen LogP) is 4.06. The zero-order chi connectivity index (χ0) is 17.8. The molecule has 4 nitrogen and oxygen atoms in total. The zero-order valence-electron chi connectivity index (χ0n) is 14.6. The van der Waals surface area contributed by atoms with E-state index in [1.165, 1.54) is 0 Å². The Kier molecular flexibility index (Phi) is 5.84. The van der Waals surface area contributed by atoms with Crippen LogP contribution >= 0.6 is 11.6 Å². The van der Waals surface area contributed by atoms with Gasteiger partial charge in [-0.05, 0) is 25.0 Å². The highest BCUT2D eigenvalue weighted by Crippen LogP contribution is 2.34. The molecule has 1 aliphatic rings. The summed E-state index contributed by atoms with van der Waals surface area (Å²) in [5.41, 5.74) is 1.86. The minimum atomic E-state index is -0.612. The summed E-state index contributed by atoms with van der Waals surface area (Å²) in [5.74, 6) is 1.58. The van der Waals surface area contributed by atoms with Gasteiger partial charge in [-0.2, -0.15) is 0 Å². The van der Waals surface area contributed by atoms with E-state index in [4.69, 9.17) is 21.1 Å². The third kappa shape index (κ3) is 4.46. The number of benzene rings is 2. The first kappa shape index (κ1) is 18.1. The molecule has 1 N–H and O–H groups in total. The van der Waals surface area contributed by atoms with Gasteiger partial charge in [0.1, 0.15) is 11.5 Å². The van der Waals surface area contributed by atoms with Gasteiger partial charge in [0.2, 0.25) is 0 Å². The fourth-order valence-corrected chi connectivity index (χ4v) is 3.31. The van der Waals surface area contributed by atoms with Gasteiger partial charge in [-0.3, -0.25) is 4.90 Å². The molecule has 0 bridgehead atoms. The number of ether oxygens (including phenoxy) is 2. The maximum absolute atomic E-state index is 10.7. The Morgan fingerprint density at radius 3 is 2.56 bits per heavy atom. The molecular formula is C20H24ClNO3. The molecule has 3 rings (SSSR count). The largest absolute Gasteiger partial charge is 0.497 e. The highest BCUT2D eigenvalue weighted by atomic mass is 35.5. The van der Waals surface area contributed by atoms with Crippen molar-refractivity contribution in [2.75, 3.05) is 20.8 Å². The Balaban J connectivity index is 1.75. The maximum atomic E-state index is 10.7. The van der Waals surface area contributed by atoms with Gasteiger partial charge in [-0.25, -0.2) is 0 Å². The summed E-state index contributed by atoms with van der Waals surface area (Å²) in [6.45, 7) is 1.27. The van der Waals surface area contributed by atoms with E-state index in [1.54, 1.807) is 14.2 Å². The van der Waals surface area contributed by atoms with E-state index in [0.29, 0.717) is 17.6 Å². The van der Waals surface area contributed by atoms with Crippen molar-refractivity contribution in [2.45, 2.75) is 31.5 Å². The van der Waals surface area contributed by atoms with Crippen molar-refractivity contribution >= 4 is 11.6 Å². The van der Waals surface area contributed by atoms with Gasteiger partial charge in [0, 0.05) is 41.3 Å². The predicted molar refractivity (Wildman–Crippen MR) is 99.4 cm³/mol. The van der Waals surface area contributed by atoms with Gasteiger partial charge in [0.05, 0.1) is 20.3 Å². The zero-order valence-corrected chi connectivity index (χ0v) is 15.4. The molecule has 25 heavy (non-hydrogen) atoms. The molecule has 1 fully saturated rings. The number of methoxy groups -OCH3 is 2. The third-order valence-corrected chi connectivity index (χ3v) is 4.95. The average molecular weight is 362 g/mol. The molecule has 1 saturated carbocycles.